The Balaban J connectivity index is 2.34. The molecule has 1 aliphatic rings. The van der Waals surface area contributed by atoms with Crippen LogP contribution in [0.15, 0.2) is 4.99 Å². The average Bonchev–Trinajstić information content (AvgIpc) is 2.29. The van der Waals surface area contributed by atoms with Crippen molar-refractivity contribution in [1.29, 1.82) is 0 Å². The Labute approximate surface area is 110 Å². The fraction of sp³-hybridized carbons (Fsp3) is 0.923. The van der Waals surface area contributed by atoms with E-state index >= 15 is 0 Å². The minimum Gasteiger partial charge on any atom is -0.362 e. The third-order valence-electron chi connectivity index (χ3n) is 3.37. The van der Waals surface area contributed by atoms with Crippen LogP contribution in [0.5, 0.6) is 0 Å². The molecule has 1 saturated heterocycles. The van der Waals surface area contributed by atoms with Gasteiger partial charge < -0.3 is 10.2 Å². The fourth-order valence-electron chi connectivity index (χ4n) is 1.71. The summed E-state index contributed by atoms with van der Waals surface area (Å²) in [6, 6.07) is 1.21. The van der Waals surface area contributed by atoms with E-state index in [9.17, 15) is 0 Å². The molecule has 0 aromatic carbocycles. The highest BCUT2D eigenvalue weighted by Gasteiger charge is 2.19. The van der Waals surface area contributed by atoms with E-state index < -0.39 is 0 Å². The molecule has 0 radical (unpaired) electrons. The van der Waals surface area contributed by atoms with Crippen LogP contribution in [0.1, 0.15) is 34.1 Å². The van der Waals surface area contributed by atoms with Crippen molar-refractivity contribution in [2.45, 2.75) is 46.2 Å². The zero-order valence-corrected chi connectivity index (χ0v) is 12.7. The first-order valence-corrected chi connectivity index (χ1v) is 7.63. The topological polar surface area (TPSA) is 27.6 Å². The normalized spacial score (nSPS) is 23.8. The molecule has 17 heavy (non-hydrogen) atoms. The van der Waals surface area contributed by atoms with E-state index in [0.717, 1.165) is 18.3 Å². The predicted octanol–water partition coefficient (Wildman–Crippen LogP) is 2.43. The molecule has 100 valence electrons. The van der Waals surface area contributed by atoms with Gasteiger partial charge in [-0.25, -0.2) is 0 Å². The Morgan fingerprint density at radius 3 is 2.71 bits per heavy atom. The molecule has 0 bridgehead atoms. The van der Waals surface area contributed by atoms with Crippen molar-refractivity contribution in [1.82, 2.24) is 10.2 Å². The van der Waals surface area contributed by atoms with Gasteiger partial charge in [-0.1, -0.05) is 25.6 Å². The van der Waals surface area contributed by atoms with Gasteiger partial charge in [0.05, 0.1) is 6.54 Å². The van der Waals surface area contributed by atoms with Crippen molar-refractivity contribution >= 4 is 16.9 Å². The zero-order valence-electron chi connectivity index (χ0n) is 11.9. The lowest BCUT2D eigenvalue weighted by molar-refractivity contribution is 0.282. The second kappa shape index (κ2) is 7.27. The van der Waals surface area contributed by atoms with Gasteiger partial charge in [0, 0.05) is 24.4 Å². The summed E-state index contributed by atoms with van der Waals surface area (Å²) in [4.78, 5) is 7.00. The van der Waals surface area contributed by atoms with E-state index in [4.69, 9.17) is 0 Å². The largest absolute Gasteiger partial charge is 0.362 e. The quantitative estimate of drug-likeness (QED) is 0.820. The van der Waals surface area contributed by atoms with Gasteiger partial charge in [-0.15, -0.1) is 0 Å². The molecule has 0 aromatic heterocycles. The maximum atomic E-state index is 4.67. The van der Waals surface area contributed by atoms with E-state index in [1.54, 1.807) is 0 Å². The van der Waals surface area contributed by atoms with Crippen LogP contribution in [-0.4, -0.2) is 48.0 Å². The molecule has 1 aliphatic heterocycles. The Kier molecular flexibility index (Phi) is 6.34. The van der Waals surface area contributed by atoms with Crippen LogP contribution < -0.4 is 5.32 Å². The Morgan fingerprint density at radius 1 is 1.41 bits per heavy atom. The van der Waals surface area contributed by atoms with Crippen molar-refractivity contribution in [3.8, 4) is 0 Å². The highest BCUT2D eigenvalue weighted by molar-refractivity contribution is 8.13. The number of nitrogens with zero attached hydrogens (tertiary/aromatic N) is 2. The number of amidine groups is 1. The smallest absolute Gasteiger partial charge is 0.156 e. The summed E-state index contributed by atoms with van der Waals surface area (Å²) in [6.45, 7) is 10.9. The second-order valence-corrected chi connectivity index (χ2v) is 6.48. The summed E-state index contributed by atoms with van der Waals surface area (Å²) in [6.07, 6.45) is 1.26. The van der Waals surface area contributed by atoms with E-state index in [2.05, 4.69) is 50.0 Å². The number of thioether (sulfide) groups is 1. The summed E-state index contributed by atoms with van der Waals surface area (Å²) in [5, 5.41) is 4.70. The first-order chi connectivity index (χ1) is 8.00. The molecule has 0 spiro atoms. The molecule has 0 saturated carbocycles. The number of likely N-dealkylation sites (N-methyl/N-ethyl adjacent to an activating group) is 1. The lowest BCUT2D eigenvalue weighted by Gasteiger charge is -2.28. The Morgan fingerprint density at radius 2 is 2.12 bits per heavy atom. The fourth-order valence-corrected chi connectivity index (χ4v) is 2.70. The summed E-state index contributed by atoms with van der Waals surface area (Å²) >= 11 is 1.86. The van der Waals surface area contributed by atoms with Crippen LogP contribution >= 0.6 is 11.8 Å². The SMILES string of the molecule is CC(C)C1CCSC(=NCCN(C)C(C)C)N1. The summed E-state index contributed by atoms with van der Waals surface area (Å²) in [7, 11) is 2.16. The van der Waals surface area contributed by atoms with Crippen molar-refractivity contribution in [3.05, 3.63) is 0 Å². The van der Waals surface area contributed by atoms with Crippen LogP contribution in [0.25, 0.3) is 0 Å². The first kappa shape index (κ1) is 14.8. The molecular weight excluding hydrogens is 230 g/mol. The number of rotatable bonds is 5. The molecule has 1 rings (SSSR count). The molecule has 0 aromatic rings. The van der Waals surface area contributed by atoms with Crippen LogP contribution in [0, 0.1) is 5.92 Å². The molecule has 3 nitrogen and oxygen atoms in total. The van der Waals surface area contributed by atoms with Crippen molar-refractivity contribution in [2.75, 3.05) is 25.9 Å². The van der Waals surface area contributed by atoms with Crippen molar-refractivity contribution in [2.24, 2.45) is 10.9 Å². The molecule has 1 heterocycles. The van der Waals surface area contributed by atoms with Gasteiger partial charge in [0.1, 0.15) is 0 Å². The van der Waals surface area contributed by atoms with Crippen molar-refractivity contribution in [3.63, 3.8) is 0 Å². The first-order valence-electron chi connectivity index (χ1n) is 6.64. The molecule has 4 heteroatoms. The van der Waals surface area contributed by atoms with E-state index in [1.165, 1.54) is 12.2 Å². The molecule has 1 fully saturated rings. The van der Waals surface area contributed by atoms with Gasteiger partial charge in [0.25, 0.3) is 0 Å². The molecule has 1 unspecified atom stereocenters. The van der Waals surface area contributed by atoms with E-state index in [1.807, 2.05) is 11.8 Å². The minimum atomic E-state index is 0.602. The molecule has 1 atom stereocenters. The summed E-state index contributed by atoms with van der Waals surface area (Å²) < 4.78 is 0. The van der Waals surface area contributed by atoms with Gasteiger partial charge in [-0.3, -0.25) is 4.99 Å². The van der Waals surface area contributed by atoms with Gasteiger partial charge in [0.2, 0.25) is 0 Å². The minimum absolute atomic E-state index is 0.602. The van der Waals surface area contributed by atoms with Gasteiger partial charge in [-0.05, 0) is 33.2 Å². The van der Waals surface area contributed by atoms with Gasteiger partial charge in [0.15, 0.2) is 5.17 Å². The maximum absolute atomic E-state index is 4.67. The average molecular weight is 257 g/mol. The highest BCUT2D eigenvalue weighted by Crippen LogP contribution is 2.18. The maximum Gasteiger partial charge on any atom is 0.156 e. The second-order valence-electron chi connectivity index (χ2n) is 5.39. The number of hydrogen-bond acceptors (Lipinski definition) is 3. The number of aliphatic imine (C=N–C) groups is 1. The van der Waals surface area contributed by atoms with Gasteiger partial charge >= 0.3 is 0 Å². The summed E-state index contributed by atoms with van der Waals surface area (Å²) in [5.41, 5.74) is 0. The van der Waals surface area contributed by atoms with Crippen LogP contribution in [-0.2, 0) is 0 Å². The monoisotopic (exact) mass is 257 g/mol. The molecule has 1 N–H and O–H groups in total. The number of hydrogen-bond donors (Lipinski definition) is 1. The highest BCUT2D eigenvalue weighted by atomic mass is 32.2. The number of nitrogens with one attached hydrogen (secondary N) is 1. The van der Waals surface area contributed by atoms with E-state index in [-0.39, 0.29) is 0 Å². The Bertz CT molecular complexity index is 251. The third kappa shape index (κ3) is 5.30. The van der Waals surface area contributed by atoms with Crippen LogP contribution in [0.2, 0.25) is 0 Å². The van der Waals surface area contributed by atoms with Gasteiger partial charge in [-0.2, -0.15) is 0 Å². The van der Waals surface area contributed by atoms with Crippen molar-refractivity contribution < 1.29 is 0 Å². The Hall–Kier alpha value is -0.220. The molecular formula is C13H27N3S. The lowest BCUT2D eigenvalue weighted by Crippen LogP contribution is -2.41. The molecule has 0 amide bonds. The zero-order chi connectivity index (χ0) is 12.8. The third-order valence-corrected chi connectivity index (χ3v) is 4.33. The summed E-state index contributed by atoms with van der Waals surface area (Å²) in [5.74, 6) is 1.90. The predicted molar refractivity (Wildman–Crippen MR) is 78.9 cm³/mol. The van der Waals surface area contributed by atoms with Crippen LogP contribution in [0.4, 0.5) is 0 Å². The standard InChI is InChI=1S/C13H27N3S/c1-10(2)12-6-9-17-13(15-12)14-7-8-16(5)11(3)4/h10-12H,6-9H2,1-5H3,(H,14,15). The van der Waals surface area contributed by atoms with Crippen LogP contribution in [0.3, 0.4) is 0 Å². The van der Waals surface area contributed by atoms with E-state index in [0.29, 0.717) is 18.0 Å². The lowest BCUT2D eigenvalue weighted by atomic mass is 10.0. The molecule has 0 aliphatic carbocycles.